The standard InChI is InChI=1S/C23H22N4O3/c24-14-15-30-19-12-10-17(11-13-19)25-22(28)16-26-20-8-4-5-9-21(20)27(23(26)29)18-6-2-1-3-7-18/h4-6,8-13H,1-3,7,15-16H2,(H,25,28). The number of anilines is 1. The monoisotopic (exact) mass is 402 g/mol. The first-order chi connectivity index (χ1) is 14.7. The molecular weight excluding hydrogens is 380 g/mol. The van der Waals surface area contributed by atoms with E-state index in [1.807, 2.05) is 30.3 Å². The third-order valence-electron chi connectivity index (χ3n) is 5.13. The minimum absolute atomic E-state index is 0.0326. The van der Waals surface area contributed by atoms with Crippen LogP contribution in [0.2, 0.25) is 0 Å². The molecule has 7 nitrogen and oxygen atoms in total. The molecule has 30 heavy (non-hydrogen) atoms. The molecule has 0 radical (unpaired) electrons. The Bertz CT molecular complexity index is 1200. The summed E-state index contributed by atoms with van der Waals surface area (Å²) in [6.07, 6.45) is 6.15. The number of ether oxygens (including phenoxy) is 1. The van der Waals surface area contributed by atoms with Crippen molar-refractivity contribution < 1.29 is 9.53 Å². The number of benzene rings is 2. The van der Waals surface area contributed by atoms with E-state index in [0.29, 0.717) is 11.4 Å². The zero-order valence-electron chi connectivity index (χ0n) is 16.5. The van der Waals surface area contributed by atoms with E-state index in [-0.39, 0.29) is 24.7 Å². The molecule has 1 aliphatic rings. The van der Waals surface area contributed by atoms with Crippen molar-refractivity contribution in [3.05, 3.63) is 65.1 Å². The smallest absolute Gasteiger partial charge is 0.333 e. The van der Waals surface area contributed by atoms with Crippen molar-refractivity contribution in [2.24, 2.45) is 0 Å². The number of fused-ring (bicyclic) bond motifs is 1. The molecule has 1 N–H and O–H groups in total. The Kier molecular flexibility index (Phi) is 5.66. The number of carbonyl (C=O) groups excluding carboxylic acids is 1. The molecule has 2 aromatic carbocycles. The number of hydrogen-bond acceptors (Lipinski definition) is 4. The molecule has 1 heterocycles. The summed E-state index contributed by atoms with van der Waals surface area (Å²) >= 11 is 0. The van der Waals surface area contributed by atoms with Crippen molar-refractivity contribution in [1.29, 1.82) is 5.26 Å². The Morgan fingerprint density at radius 1 is 1.10 bits per heavy atom. The van der Waals surface area contributed by atoms with Gasteiger partial charge in [-0.1, -0.05) is 18.2 Å². The number of carbonyl (C=O) groups is 1. The number of nitrogens with zero attached hydrogens (tertiary/aromatic N) is 3. The first-order valence-electron chi connectivity index (χ1n) is 9.97. The minimum Gasteiger partial charge on any atom is -0.479 e. The second-order valence-electron chi connectivity index (χ2n) is 7.15. The highest BCUT2D eigenvalue weighted by molar-refractivity contribution is 5.92. The highest BCUT2D eigenvalue weighted by Gasteiger charge is 2.18. The minimum atomic E-state index is -0.289. The molecule has 152 valence electrons. The predicted octanol–water partition coefficient (Wildman–Crippen LogP) is 3.76. The molecule has 0 spiro atoms. The lowest BCUT2D eigenvalue weighted by Gasteiger charge is -2.13. The molecular formula is C23H22N4O3. The summed E-state index contributed by atoms with van der Waals surface area (Å²) in [5.74, 6) is 0.262. The zero-order chi connectivity index (χ0) is 20.9. The average Bonchev–Trinajstić information content (AvgIpc) is 3.05. The van der Waals surface area contributed by atoms with Crippen molar-refractivity contribution in [1.82, 2.24) is 9.13 Å². The summed E-state index contributed by atoms with van der Waals surface area (Å²) in [7, 11) is 0. The molecule has 0 unspecified atom stereocenters. The number of amides is 1. The van der Waals surface area contributed by atoms with Gasteiger partial charge in [-0.15, -0.1) is 0 Å². The predicted molar refractivity (Wildman–Crippen MR) is 115 cm³/mol. The van der Waals surface area contributed by atoms with Gasteiger partial charge in [-0.05, 0) is 62.1 Å². The first-order valence-corrected chi connectivity index (χ1v) is 9.97. The Balaban J connectivity index is 1.57. The van der Waals surface area contributed by atoms with Crippen LogP contribution in [0.15, 0.2) is 59.4 Å². The van der Waals surface area contributed by atoms with E-state index in [1.54, 1.807) is 28.8 Å². The molecule has 0 bridgehead atoms. The van der Waals surface area contributed by atoms with Crippen LogP contribution in [-0.2, 0) is 11.3 Å². The molecule has 0 saturated heterocycles. The maximum absolute atomic E-state index is 13.2. The maximum atomic E-state index is 13.2. The van der Waals surface area contributed by atoms with E-state index < -0.39 is 0 Å². The van der Waals surface area contributed by atoms with Gasteiger partial charge in [0.05, 0.1) is 11.0 Å². The molecule has 1 aromatic heterocycles. The van der Waals surface area contributed by atoms with Gasteiger partial charge in [0.15, 0.2) is 6.61 Å². The second kappa shape index (κ2) is 8.70. The van der Waals surface area contributed by atoms with Gasteiger partial charge in [0, 0.05) is 11.4 Å². The number of para-hydroxylation sites is 2. The van der Waals surface area contributed by atoms with Crippen LogP contribution in [-0.4, -0.2) is 21.6 Å². The Hall–Kier alpha value is -3.79. The zero-order valence-corrected chi connectivity index (χ0v) is 16.5. The molecule has 7 heteroatoms. The molecule has 0 fully saturated rings. The largest absolute Gasteiger partial charge is 0.479 e. The fraction of sp³-hybridized carbons (Fsp3) is 0.261. The van der Waals surface area contributed by atoms with Crippen LogP contribution in [0.4, 0.5) is 5.69 Å². The second-order valence-corrected chi connectivity index (χ2v) is 7.15. The Labute approximate surface area is 173 Å². The summed E-state index contributed by atoms with van der Waals surface area (Å²) in [6, 6.07) is 16.2. The van der Waals surface area contributed by atoms with Gasteiger partial charge in [-0.3, -0.25) is 13.9 Å². The van der Waals surface area contributed by atoms with Gasteiger partial charge in [-0.2, -0.15) is 5.26 Å². The van der Waals surface area contributed by atoms with Crippen LogP contribution in [0.25, 0.3) is 16.7 Å². The molecule has 4 rings (SSSR count). The molecule has 1 aliphatic carbocycles. The van der Waals surface area contributed by atoms with Crippen molar-refractivity contribution in [3.63, 3.8) is 0 Å². The van der Waals surface area contributed by atoms with E-state index in [1.165, 1.54) is 4.57 Å². The van der Waals surface area contributed by atoms with Crippen molar-refractivity contribution in [3.8, 4) is 11.8 Å². The number of rotatable bonds is 6. The van der Waals surface area contributed by atoms with Crippen molar-refractivity contribution in [2.75, 3.05) is 11.9 Å². The van der Waals surface area contributed by atoms with Gasteiger partial charge < -0.3 is 10.1 Å². The summed E-state index contributed by atoms with van der Waals surface area (Å²) in [4.78, 5) is 25.8. The lowest BCUT2D eigenvalue weighted by atomic mass is 10.0. The number of allylic oxidation sites excluding steroid dienone is 2. The van der Waals surface area contributed by atoms with E-state index in [4.69, 9.17) is 10.00 Å². The molecule has 0 saturated carbocycles. The maximum Gasteiger partial charge on any atom is 0.333 e. The van der Waals surface area contributed by atoms with Gasteiger partial charge in [0.1, 0.15) is 18.4 Å². The van der Waals surface area contributed by atoms with Gasteiger partial charge in [0.2, 0.25) is 5.91 Å². The fourth-order valence-corrected chi connectivity index (χ4v) is 3.76. The van der Waals surface area contributed by atoms with Crippen LogP contribution < -0.4 is 15.7 Å². The number of imidazole rings is 1. The molecule has 0 aliphatic heterocycles. The van der Waals surface area contributed by atoms with E-state index >= 15 is 0 Å². The van der Waals surface area contributed by atoms with Crippen molar-refractivity contribution >= 4 is 28.3 Å². The van der Waals surface area contributed by atoms with E-state index in [2.05, 4.69) is 11.4 Å². The lowest BCUT2D eigenvalue weighted by molar-refractivity contribution is -0.116. The summed E-state index contributed by atoms with van der Waals surface area (Å²) in [5.41, 5.74) is 2.97. The third-order valence-corrected chi connectivity index (χ3v) is 5.13. The van der Waals surface area contributed by atoms with Crippen LogP contribution in [0.5, 0.6) is 5.75 Å². The number of nitrogens with one attached hydrogen (secondary N) is 1. The first kappa shape index (κ1) is 19.5. The number of nitriles is 1. The van der Waals surface area contributed by atoms with Gasteiger partial charge in [0.25, 0.3) is 0 Å². The van der Waals surface area contributed by atoms with Gasteiger partial charge in [-0.25, -0.2) is 4.79 Å². The van der Waals surface area contributed by atoms with E-state index in [9.17, 15) is 9.59 Å². The van der Waals surface area contributed by atoms with Gasteiger partial charge >= 0.3 is 5.69 Å². The molecule has 0 atom stereocenters. The van der Waals surface area contributed by atoms with Crippen LogP contribution in [0.3, 0.4) is 0 Å². The molecule has 1 amide bonds. The highest BCUT2D eigenvalue weighted by Crippen LogP contribution is 2.25. The topological polar surface area (TPSA) is 89.1 Å². The number of aromatic nitrogens is 2. The van der Waals surface area contributed by atoms with Crippen molar-refractivity contribution in [2.45, 2.75) is 32.2 Å². The quantitative estimate of drug-likeness (QED) is 0.680. The van der Waals surface area contributed by atoms with Crippen LogP contribution in [0, 0.1) is 11.3 Å². The van der Waals surface area contributed by atoms with E-state index in [0.717, 1.165) is 42.4 Å². The van der Waals surface area contributed by atoms with Crippen LogP contribution in [0.1, 0.15) is 25.7 Å². The third kappa shape index (κ3) is 3.98. The summed E-state index contributed by atoms with van der Waals surface area (Å²) in [5, 5.41) is 11.4. The normalized spacial score (nSPS) is 13.5. The highest BCUT2D eigenvalue weighted by atomic mass is 16.5. The lowest BCUT2D eigenvalue weighted by Crippen LogP contribution is -2.29. The Morgan fingerprint density at radius 3 is 2.57 bits per heavy atom. The number of hydrogen-bond donors (Lipinski definition) is 1. The SMILES string of the molecule is N#CCOc1ccc(NC(=O)Cn2c(=O)n(C3=CCCCC3)c3ccccc32)cc1. The summed E-state index contributed by atoms with van der Waals surface area (Å²) < 4.78 is 8.47. The average molecular weight is 402 g/mol. The summed E-state index contributed by atoms with van der Waals surface area (Å²) in [6.45, 7) is -0.110. The molecule has 3 aromatic rings. The fourth-order valence-electron chi connectivity index (χ4n) is 3.76. The Morgan fingerprint density at radius 2 is 1.87 bits per heavy atom. The van der Waals surface area contributed by atoms with Crippen LogP contribution >= 0.6 is 0 Å².